The molecule has 0 amide bonds. The molecular formula is C39H46O18. The number of fused-ring (bicyclic) bond motifs is 3. The van der Waals surface area contributed by atoms with Gasteiger partial charge in [0.2, 0.25) is 11.7 Å². The molecule has 1 aromatic rings. The fraction of sp³-hybridized carbons (Fsp3) is 0.744. The van der Waals surface area contributed by atoms with Gasteiger partial charge in [-0.15, -0.1) is 0 Å². The SMILES string of the molecule is COC(=O)C[C@H]1[C@@]2(C)C[C@]3(O)[C@](OC(=O)C(C)C)([C@H]4OC5(C)O[C@@]6([C@H](O)[C@H](OC(C)=O)[C@]78C[C@]7([C@@H](OC(C)=O)C(=O)O[C@H]8c7ccoc7)[C@@]46O5)[C@@]13C)[C@H]2OC(C)=O. The quantitative estimate of drug-likeness (QED) is 0.278. The first kappa shape index (κ1) is 38.4. The molecule has 5 saturated carbocycles. The van der Waals surface area contributed by atoms with Gasteiger partial charge in [0.05, 0.1) is 36.4 Å². The summed E-state index contributed by atoms with van der Waals surface area (Å²) >= 11 is 0. The standard InChI is InChI=1S/C39H46O18/c1-16(2)27(45)54-37-29(52-19(5)42)31(6)14-36(37,47)32(7,21(31)12-22(43)48-9)38-23(44)25(50-17(3)40)34-15-35(34,39(38)30(37)55-33(8,56-38)57-39)26(51-18(4)41)28(46)53-24(34)20-10-11-49-13-20/h10-11,13,16,21,23-26,29-30,44,47H,12,14-15H2,1-9H3/t21-,23+,24-,25-,26-,29-,30+,31+,32-,33?,34+,35+,36+,37+,38-,39-/m0/s1. The number of rotatable bonds is 8. The maximum absolute atomic E-state index is 14.6. The summed E-state index contributed by atoms with van der Waals surface area (Å²) in [6, 6.07) is 1.52. The number of cyclic esters (lactones) is 1. The molecule has 1 spiro atoms. The second-order valence-corrected chi connectivity index (χ2v) is 18.0. The zero-order chi connectivity index (χ0) is 41.5. The molecule has 5 aliphatic carbocycles. The van der Waals surface area contributed by atoms with Crippen LogP contribution < -0.4 is 0 Å². The number of carbonyl (C=O) groups is 6. The monoisotopic (exact) mass is 802 g/mol. The van der Waals surface area contributed by atoms with Crippen molar-refractivity contribution in [3.8, 4) is 0 Å². The average Bonchev–Trinajstić information content (AvgIpc) is 3.47. The van der Waals surface area contributed by atoms with E-state index in [4.69, 9.17) is 47.0 Å². The lowest BCUT2D eigenvalue weighted by Crippen LogP contribution is -2.97. The number of aliphatic hydroxyl groups excluding tert-OH is 1. The molecule has 310 valence electrons. The van der Waals surface area contributed by atoms with Gasteiger partial charge >= 0.3 is 35.8 Å². The molecule has 57 heavy (non-hydrogen) atoms. The molecule has 9 rings (SSSR count). The highest BCUT2D eigenvalue weighted by molar-refractivity contribution is 5.84. The molecule has 1 aromatic heterocycles. The Morgan fingerprint density at radius 3 is 2.18 bits per heavy atom. The normalized spacial score (nSPS) is 51.2. The maximum Gasteiger partial charge on any atom is 0.348 e. The van der Waals surface area contributed by atoms with E-state index in [1.165, 1.54) is 32.6 Å². The summed E-state index contributed by atoms with van der Waals surface area (Å²) in [5.74, 6) is -9.40. The second-order valence-electron chi connectivity index (χ2n) is 18.0. The van der Waals surface area contributed by atoms with E-state index in [1.807, 2.05) is 0 Å². The van der Waals surface area contributed by atoms with Gasteiger partial charge in [0.15, 0.2) is 6.10 Å². The van der Waals surface area contributed by atoms with E-state index in [0.717, 1.165) is 20.8 Å². The zero-order valence-corrected chi connectivity index (χ0v) is 32.9. The van der Waals surface area contributed by atoms with E-state index >= 15 is 0 Å². The largest absolute Gasteiger partial charge is 0.472 e. The van der Waals surface area contributed by atoms with Crippen molar-refractivity contribution in [2.24, 2.45) is 33.5 Å². The molecule has 3 saturated heterocycles. The fourth-order valence-electron chi connectivity index (χ4n) is 14.0. The summed E-state index contributed by atoms with van der Waals surface area (Å²) in [6.45, 7) is 11.1. The van der Waals surface area contributed by atoms with Crippen LogP contribution in [0.15, 0.2) is 23.0 Å². The summed E-state index contributed by atoms with van der Waals surface area (Å²) < 4.78 is 62.4. The second kappa shape index (κ2) is 10.9. The molecule has 4 bridgehead atoms. The molecule has 4 heterocycles. The number of furan rings is 1. The van der Waals surface area contributed by atoms with Crippen molar-refractivity contribution in [2.75, 3.05) is 7.11 Å². The third-order valence-corrected chi connectivity index (χ3v) is 15.3. The van der Waals surface area contributed by atoms with Gasteiger partial charge in [0.25, 0.3) is 5.97 Å². The summed E-state index contributed by atoms with van der Waals surface area (Å²) in [5, 5.41) is 27.4. The van der Waals surface area contributed by atoms with E-state index in [1.54, 1.807) is 27.7 Å². The Morgan fingerprint density at radius 1 is 0.947 bits per heavy atom. The van der Waals surface area contributed by atoms with Crippen LogP contribution in [0.1, 0.15) is 86.3 Å². The fourth-order valence-corrected chi connectivity index (χ4v) is 14.0. The minimum Gasteiger partial charge on any atom is -0.472 e. The predicted molar refractivity (Wildman–Crippen MR) is 180 cm³/mol. The number of hydrogen-bond acceptors (Lipinski definition) is 18. The van der Waals surface area contributed by atoms with Gasteiger partial charge in [-0.05, 0) is 24.8 Å². The van der Waals surface area contributed by atoms with Gasteiger partial charge in [0.1, 0.15) is 41.2 Å². The number of aliphatic hydroxyl groups is 2. The lowest BCUT2D eigenvalue weighted by atomic mass is 9.33. The molecule has 3 aliphatic heterocycles. The molecule has 0 aromatic carbocycles. The average molecular weight is 803 g/mol. The Labute approximate surface area is 326 Å². The first-order valence-corrected chi connectivity index (χ1v) is 19.0. The number of carbonyl (C=O) groups excluding carboxylic acids is 6. The van der Waals surface area contributed by atoms with E-state index in [2.05, 4.69) is 0 Å². The van der Waals surface area contributed by atoms with Crippen molar-refractivity contribution in [1.29, 1.82) is 0 Å². The Balaban J connectivity index is 1.45. The first-order valence-electron chi connectivity index (χ1n) is 19.0. The first-order chi connectivity index (χ1) is 26.5. The van der Waals surface area contributed by atoms with E-state index in [0.29, 0.717) is 0 Å². The smallest absolute Gasteiger partial charge is 0.348 e. The molecule has 18 heteroatoms. The Kier molecular flexibility index (Phi) is 7.37. The van der Waals surface area contributed by atoms with E-state index in [-0.39, 0.29) is 18.4 Å². The summed E-state index contributed by atoms with van der Waals surface area (Å²) in [4.78, 5) is 82.0. The highest BCUT2D eigenvalue weighted by Crippen LogP contribution is 2.96. The van der Waals surface area contributed by atoms with Crippen LogP contribution in [-0.4, -0.2) is 112 Å². The number of ether oxygens (including phenoxy) is 9. The van der Waals surface area contributed by atoms with Crippen molar-refractivity contribution in [3.05, 3.63) is 24.2 Å². The van der Waals surface area contributed by atoms with Gasteiger partial charge in [-0.3, -0.25) is 24.0 Å². The van der Waals surface area contributed by atoms with Crippen molar-refractivity contribution in [3.63, 3.8) is 0 Å². The molecule has 2 N–H and O–H groups in total. The Morgan fingerprint density at radius 2 is 1.60 bits per heavy atom. The molecule has 1 unspecified atom stereocenters. The van der Waals surface area contributed by atoms with Crippen molar-refractivity contribution < 1.29 is 86.0 Å². The van der Waals surface area contributed by atoms with E-state index < -0.39 is 141 Å². The van der Waals surface area contributed by atoms with Crippen molar-refractivity contribution in [1.82, 2.24) is 0 Å². The van der Waals surface area contributed by atoms with Crippen LogP contribution >= 0.6 is 0 Å². The molecule has 0 radical (unpaired) electrons. The van der Waals surface area contributed by atoms with Crippen LogP contribution in [-0.2, 0) is 71.4 Å². The summed E-state index contributed by atoms with van der Waals surface area (Å²) in [5.41, 5.74) is -16.4. The van der Waals surface area contributed by atoms with Gasteiger partial charge < -0.3 is 57.3 Å². The van der Waals surface area contributed by atoms with Crippen molar-refractivity contribution >= 4 is 35.8 Å². The molecular weight excluding hydrogens is 756 g/mol. The zero-order valence-electron chi connectivity index (χ0n) is 32.9. The van der Waals surface area contributed by atoms with E-state index in [9.17, 15) is 39.0 Å². The summed E-state index contributed by atoms with van der Waals surface area (Å²) in [6.07, 6.45) is -8.61. The van der Waals surface area contributed by atoms with Crippen LogP contribution in [0.4, 0.5) is 0 Å². The Bertz CT molecular complexity index is 2030. The van der Waals surface area contributed by atoms with Gasteiger partial charge in [0, 0.05) is 50.5 Å². The van der Waals surface area contributed by atoms with Crippen LogP contribution in [0, 0.1) is 33.5 Å². The van der Waals surface area contributed by atoms with Gasteiger partial charge in [-0.2, -0.15) is 0 Å². The van der Waals surface area contributed by atoms with Gasteiger partial charge in [-0.1, -0.05) is 27.7 Å². The maximum atomic E-state index is 14.6. The van der Waals surface area contributed by atoms with Crippen LogP contribution in [0.25, 0.3) is 0 Å². The number of hydrogen-bond donors (Lipinski definition) is 2. The summed E-state index contributed by atoms with van der Waals surface area (Å²) in [7, 11) is 1.17. The van der Waals surface area contributed by atoms with Crippen LogP contribution in [0.2, 0.25) is 0 Å². The lowest BCUT2D eigenvalue weighted by Gasteiger charge is -2.77. The number of esters is 6. The highest BCUT2D eigenvalue weighted by Gasteiger charge is 3.11. The molecule has 8 aliphatic rings. The third kappa shape index (κ3) is 3.70. The number of methoxy groups -OCH3 is 1. The Hall–Kier alpha value is -4.10. The third-order valence-electron chi connectivity index (χ3n) is 15.3. The highest BCUT2D eigenvalue weighted by atomic mass is 17.0. The molecule has 8 fully saturated rings. The van der Waals surface area contributed by atoms with Crippen LogP contribution in [0.3, 0.4) is 0 Å². The minimum atomic E-state index is -2.43. The topological polar surface area (TPSA) is 239 Å². The molecule has 16 atom stereocenters. The lowest BCUT2D eigenvalue weighted by molar-refractivity contribution is -0.470. The van der Waals surface area contributed by atoms with Crippen molar-refractivity contribution in [2.45, 2.75) is 140 Å². The van der Waals surface area contributed by atoms with Crippen LogP contribution in [0.5, 0.6) is 0 Å². The van der Waals surface area contributed by atoms with Gasteiger partial charge in [-0.25, -0.2) is 4.79 Å². The minimum absolute atomic E-state index is 0.241. The predicted octanol–water partition coefficient (Wildman–Crippen LogP) is 1.31. The molecule has 18 nitrogen and oxygen atoms in total.